The van der Waals surface area contributed by atoms with E-state index in [0.29, 0.717) is 32.8 Å². The molecule has 2 heterocycles. The van der Waals surface area contributed by atoms with Gasteiger partial charge >= 0.3 is 0 Å². The zero-order valence-electron chi connectivity index (χ0n) is 26.5. The van der Waals surface area contributed by atoms with E-state index < -0.39 is 11.5 Å². The SMILES string of the molecule is COCCCN1CCOc2ccc(CO[C@H]3CN[C@H](C(C[C@H](C)O)C(C)(C)C(N)=O)C[C@@H]3c3ccc(COC)cc3)cc21. The van der Waals surface area contributed by atoms with Gasteiger partial charge in [-0.15, -0.1) is 0 Å². The first-order valence-corrected chi connectivity index (χ1v) is 15.5. The van der Waals surface area contributed by atoms with E-state index in [4.69, 9.17) is 24.7 Å². The molecule has 1 saturated heterocycles. The number of hydrogen-bond acceptors (Lipinski definition) is 8. The lowest BCUT2D eigenvalue weighted by Gasteiger charge is -2.45. The second kappa shape index (κ2) is 15.3. The summed E-state index contributed by atoms with van der Waals surface area (Å²) in [7, 11) is 3.43. The molecular weight excluding hydrogens is 546 g/mol. The van der Waals surface area contributed by atoms with Crippen LogP contribution in [-0.4, -0.2) is 76.3 Å². The Morgan fingerprint density at radius 1 is 1.14 bits per heavy atom. The molecule has 2 aromatic rings. The van der Waals surface area contributed by atoms with E-state index in [1.807, 2.05) is 19.9 Å². The molecular formula is C34H51N3O6. The third-order valence-electron chi connectivity index (χ3n) is 9.12. The van der Waals surface area contributed by atoms with Crippen LogP contribution in [0.25, 0.3) is 0 Å². The number of piperidine rings is 1. The van der Waals surface area contributed by atoms with Gasteiger partial charge in [0.05, 0.1) is 37.7 Å². The number of benzene rings is 2. The highest BCUT2D eigenvalue weighted by molar-refractivity contribution is 5.80. The molecule has 5 atom stereocenters. The molecule has 4 N–H and O–H groups in total. The smallest absolute Gasteiger partial charge is 0.223 e. The van der Waals surface area contributed by atoms with E-state index in [2.05, 4.69) is 46.6 Å². The summed E-state index contributed by atoms with van der Waals surface area (Å²) < 4.78 is 23.2. The quantitative estimate of drug-likeness (QED) is 0.264. The molecule has 0 aromatic heterocycles. The maximum absolute atomic E-state index is 12.5. The Morgan fingerprint density at radius 3 is 2.56 bits per heavy atom. The Morgan fingerprint density at radius 2 is 1.88 bits per heavy atom. The normalized spacial score (nSPS) is 22.0. The van der Waals surface area contributed by atoms with Gasteiger partial charge in [0, 0.05) is 51.3 Å². The van der Waals surface area contributed by atoms with Crippen LogP contribution in [0.2, 0.25) is 0 Å². The number of nitrogens with zero attached hydrogens (tertiary/aromatic N) is 1. The molecule has 0 spiro atoms. The van der Waals surface area contributed by atoms with Gasteiger partial charge in [-0.25, -0.2) is 0 Å². The summed E-state index contributed by atoms with van der Waals surface area (Å²) in [5.74, 6) is 0.511. The summed E-state index contributed by atoms with van der Waals surface area (Å²) in [5.41, 5.74) is 9.59. The van der Waals surface area contributed by atoms with Gasteiger partial charge in [0.15, 0.2) is 0 Å². The number of anilines is 1. The van der Waals surface area contributed by atoms with Gasteiger partial charge in [-0.2, -0.15) is 0 Å². The summed E-state index contributed by atoms with van der Waals surface area (Å²) in [5, 5.41) is 14.0. The van der Waals surface area contributed by atoms with Crippen molar-refractivity contribution in [1.29, 1.82) is 0 Å². The van der Waals surface area contributed by atoms with Gasteiger partial charge in [0.1, 0.15) is 12.4 Å². The van der Waals surface area contributed by atoms with Crippen LogP contribution in [0.15, 0.2) is 42.5 Å². The summed E-state index contributed by atoms with van der Waals surface area (Å²) in [6.07, 6.45) is 1.57. The summed E-state index contributed by atoms with van der Waals surface area (Å²) >= 11 is 0. The molecule has 2 aliphatic rings. The second-order valence-corrected chi connectivity index (χ2v) is 12.6. The fourth-order valence-corrected chi connectivity index (χ4v) is 6.53. The largest absolute Gasteiger partial charge is 0.490 e. The van der Waals surface area contributed by atoms with Crippen LogP contribution in [0, 0.1) is 11.3 Å². The maximum atomic E-state index is 12.5. The van der Waals surface area contributed by atoms with Crippen molar-refractivity contribution >= 4 is 11.6 Å². The average Bonchev–Trinajstić information content (AvgIpc) is 2.99. The Labute approximate surface area is 257 Å². The summed E-state index contributed by atoms with van der Waals surface area (Å²) in [4.78, 5) is 14.9. The van der Waals surface area contributed by atoms with Gasteiger partial charge in [-0.05, 0) is 60.9 Å². The number of fused-ring (bicyclic) bond motifs is 1. The number of hydrogen-bond donors (Lipinski definition) is 3. The number of amides is 1. The van der Waals surface area contributed by atoms with Crippen LogP contribution < -0.4 is 20.7 Å². The maximum Gasteiger partial charge on any atom is 0.223 e. The number of aliphatic hydroxyl groups excluding tert-OH is 1. The Balaban J connectivity index is 1.54. The number of aliphatic hydroxyl groups is 1. The number of primary amides is 1. The molecule has 238 valence electrons. The van der Waals surface area contributed by atoms with Crippen molar-refractivity contribution in [3.63, 3.8) is 0 Å². The molecule has 9 nitrogen and oxygen atoms in total. The van der Waals surface area contributed by atoms with Crippen molar-refractivity contribution in [2.75, 3.05) is 52.0 Å². The lowest BCUT2D eigenvalue weighted by Crippen LogP contribution is -2.55. The van der Waals surface area contributed by atoms with Crippen LogP contribution in [-0.2, 0) is 32.2 Å². The van der Waals surface area contributed by atoms with Gasteiger partial charge in [-0.1, -0.05) is 44.2 Å². The lowest BCUT2D eigenvalue weighted by atomic mass is 9.67. The van der Waals surface area contributed by atoms with E-state index >= 15 is 0 Å². The molecule has 1 unspecified atom stereocenters. The van der Waals surface area contributed by atoms with E-state index in [0.717, 1.165) is 55.1 Å². The van der Waals surface area contributed by atoms with Gasteiger partial charge in [0.2, 0.25) is 5.91 Å². The number of rotatable bonds is 15. The van der Waals surface area contributed by atoms with Crippen molar-refractivity contribution in [2.45, 2.75) is 77.4 Å². The fourth-order valence-electron chi connectivity index (χ4n) is 6.53. The molecule has 0 radical (unpaired) electrons. The summed E-state index contributed by atoms with van der Waals surface area (Å²) in [6, 6.07) is 14.8. The number of carbonyl (C=O) groups excluding carboxylic acids is 1. The van der Waals surface area contributed by atoms with E-state index in [1.54, 1.807) is 21.1 Å². The van der Waals surface area contributed by atoms with Crippen molar-refractivity contribution in [2.24, 2.45) is 17.1 Å². The lowest BCUT2D eigenvalue weighted by molar-refractivity contribution is -0.130. The van der Waals surface area contributed by atoms with E-state index in [1.165, 1.54) is 5.56 Å². The Hall–Kier alpha value is -2.69. The minimum atomic E-state index is -0.782. The highest BCUT2D eigenvalue weighted by Crippen LogP contribution is 2.41. The number of nitrogens with two attached hydrogens (primary N) is 1. The van der Waals surface area contributed by atoms with Crippen LogP contribution in [0.5, 0.6) is 5.75 Å². The van der Waals surface area contributed by atoms with Crippen LogP contribution in [0.1, 0.15) is 62.6 Å². The molecule has 1 amide bonds. The summed E-state index contributed by atoms with van der Waals surface area (Å²) in [6.45, 7) is 10.4. The monoisotopic (exact) mass is 597 g/mol. The highest BCUT2D eigenvalue weighted by atomic mass is 16.5. The van der Waals surface area contributed by atoms with Crippen LogP contribution >= 0.6 is 0 Å². The Bertz CT molecular complexity index is 1170. The Kier molecular flexibility index (Phi) is 11.9. The topological polar surface area (TPSA) is 116 Å². The van der Waals surface area contributed by atoms with Crippen molar-refractivity contribution in [3.8, 4) is 5.75 Å². The number of methoxy groups -OCH3 is 2. The van der Waals surface area contributed by atoms with Gasteiger partial charge in [0.25, 0.3) is 0 Å². The molecule has 43 heavy (non-hydrogen) atoms. The first-order chi connectivity index (χ1) is 20.6. The predicted octanol–water partition coefficient (Wildman–Crippen LogP) is 4.00. The zero-order valence-corrected chi connectivity index (χ0v) is 26.5. The minimum Gasteiger partial charge on any atom is -0.490 e. The fraction of sp³-hybridized carbons (Fsp3) is 0.618. The molecule has 9 heteroatoms. The van der Waals surface area contributed by atoms with Crippen LogP contribution in [0.3, 0.4) is 0 Å². The van der Waals surface area contributed by atoms with Gasteiger partial charge < -0.3 is 40.0 Å². The molecule has 0 bridgehead atoms. The third-order valence-corrected chi connectivity index (χ3v) is 9.12. The van der Waals surface area contributed by atoms with Crippen molar-refractivity contribution < 1.29 is 28.8 Å². The van der Waals surface area contributed by atoms with Crippen molar-refractivity contribution in [1.82, 2.24) is 5.32 Å². The first-order valence-electron chi connectivity index (χ1n) is 15.5. The molecule has 2 aliphatic heterocycles. The standard InChI is InChI=1S/C34H51N3O6/c1-23(38)17-28(34(2,3)33(35)39)29-19-27(26-10-7-24(8-11-26)21-41-5)32(20-36-29)43-22-25-9-12-31-30(18-25)37(14-16-42-31)13-6-15-40-4/h7-12,18,23,27-29,32,36,38H,6,13-17,19-22H2,1-5H3,(H2,35,39)/t23-,27+,28?,29-,32-/m0/s1. The van der Waals surface area contributed by atoms with Gasteiger partial charge in [-0.3, -0.25) is 4.79 Å². The number of nitrogens with one attached hydrogen (secondary N) is 1. The number of carbonyl (C=O) groups is 1. The van der Waals surface area contributed by atoms with Crippen molar-refractivity contribution in [3.05, 3.63) is 59.2 Å². The van der Waals surface area contributed by atoms with Crippen LogP contribution in [0.4, 0.5) is 5.69 Å². The predicted molar refractivity (Wildman–Crippen MR) is 168 cm³/mol. The third kappa shape index (κ3) is 8.48. The molecule has 1 fully saturated rings. The molecule has 0 aliphatic carbocycles. The highest BCUT2D eigenvalue weighted by Gasteiger charge is 2.44. The molecule has 0 saturated carbocycles. The molecule has 2 aromatic carbocycles. The number of ether oxygens (including phenoxy) is 4. The first kappa shape index (κ1) is 33.2. The minimum absolute atomic E-state index is 0.0119. The average molecular weight is 598 g/mol. The molecule has 4 rings (SSSR count). The second-order valence-electron chi connectivity index (χ2n) is 12.6. The zero-order chi connectivity index (χ0) is 31.0. The van der Waals surface area contributed by atoms with E-state index in [9.17, 15) is 9.90 Å². The van der Waals surface area contributed by atoms with E-state index in [-0.39, 0.29) is 29.9 Å².